The van der Waals surface area contributed by atoms with Gasteiger partial charge in [-0.2, -0.15) is 9.97 Å². The van der Waals surface area contributed by atoms with Gasteiger partial charge in [0.25, 0.3) is 0 Å². The van der Waals surface area contributed by atoms with E-state index in [0.29, 0.717) is 23.5 Å². The third-order valence-corrected chi connectivity index (χ3v) is 19.3. The molecule has 0 bridgehead atoms. The lowest BCUT2D eigenvalue weighted by atomic mass is 10.0. The standard InChI is InChI=1S/C46H30N4.C45H29N5/c1-4-14-31(15-5-1)40-30-41(32-16-6-2-7-17-32)48-46(47-40)50-43-23-13-10-20-36(43)38-26-24-34(29-45(38)50)33-25-27-44-39(28-33)37-21-11-12-22-42(37)49(44)35-18-8-3-9-19-35;1-4-14-30(15-5-1)43-46-44(31-16-6-2-7-17-31)48-45(47-43)50-40-23-13-10-20-35(40)37-26-24-33(29-42(37)50)32-25-27-41-38(28-32)36-21-11-12-22-39(36)49(41)34-18-8-3-9-19-34/h1-30H;1-29H. The molecule has 9 nitrogen and oxygen atoms in total. The molecule has 0 aliphatic rings. The van der Waals surface area contributed by atoms with Gasteiger partial charge >= 0.3 is 0 Å². The van der Waals surface area contributed by atoms with Crippen molar-refractivity contribution in [3.8, 4) is 90.8 Å². The smallest absolute Gasteiger partial charge is 0.238 e. The number of hydrogen-bond acceptors (Lipinski definition) is 5. The molecule has 0 spiro atoms. The van der Waals surface area contributed by atoms with Gasteiger partial charge < -0.3 is 9.13 Å². The minimum absolute atomic E-state index is 0.586. The molecule has 0 aliphatic carbocycles. The van der Waals surface area contributed by atoms with Gasteiger partial charge in [-0.05, 0) is 113 Å². The van der Waals surface area contributed by atoms with Crippen molar-refractivity contribution >= 4 is 87.2 Å². The van der Waals surface area contributed by atoms with Crippen LogP contribution >= 0.6 is 0 Å². The second-order valence-corrected chi connectivity index (χ2v) is 25.2. The summed E-state index contributed by atoms with van der Waals surface area (Å²) < 4.78 is 9.13. The van der Waals surface area contributed by atoms with Crippen molar-refractivity contribution < 1.29 is 0 Å². The molecule has 14 aromatic carbocycles. The predicted octanol–water partition coefficient (Wildman–Crippen LogP) is 22.7. The molecule has 468 valence electrons. The molecular formula is C91H59N9. The number of para-hydroxylation sites is 6. The first-order chi connectivity index (χ1) is 49.6. The van der Waals surface area contributed by atoms with E-state index in [9.17, 15) is 0 Å². The Morgan fingerprint density at radius 1 is 0.160 bits per heavy atom. The highest BCUT2D eigenvalue weighted by molar-refractivity contribution is 6.14. The zero-order valence-corrected chi connectivity index (χ0v) is 54.1. The van der Waals surface area contributed by atoms with Crippen LogP contribution in [0, 0.1) is 0 Å². The monoisotopic (exact) mass is 1280 g/mol. The Bertz CT molecular complexity index is 5980. The molecule has 0 unspecified atom stereocenters. The molecule has 0 fully saturated rings. The van der Waals surface area contributed by atoms with Crippen molar-refractivity contribution in [2.75, 3.05) is 0 Å². The van der Waals surface area contributed by atoms with Gasteiger partial charge in [0.2, 0.25) is 11.9 Å². The normalized spacial score (nSPS) is 11.6. The van der Waals surface area contributed by atoms with Crippen LogP contribution in [-0.4, -0.2) is 43.2 Å². The molecule has 0 aliphatic heterocycles. The highest BCUT2D eigenvalue weighted by Crippen LogP contribution is 2.42. The zero-order chi connectivity index (χ0) is 66.0. The average molecular weight is 1280 g/mol. The first-order valence-electron chi connectivity index (χ1n) is 33.7. The zero-order valence-electron chi connectivity index (χ0n) is 54.1. The highest BCUT2D eigenvalue weighted by atomic mass is 15.2. The first-order valence-corrected chi connectivity index (χ1v) is 33.7. The molecular weight excluding hydrogens is 1220 g/mol. The Morgan fingerprint density at radius 3 is 0.830 bits per heavy atom. The highest BCUT2D eigenvalue weighted by Gasteiger charge is 2.22. The van der Waals surface area contributed by atoms with Crippen molar-refractivity contribution in [2.45, 2.75) is 0 Å². The molecule has 6 aromatic heterocycles. The van der Waals surface area contributed by atoms with E-state index < -0.39 is 0 Å². The molecule has 0 atom stereocenters. The van der Waals surface area contributed by atoms with E-state index in [4.69, 9.17) is 24.9 Å². The van der Waals surface area contributed by atoms with Gasteiger partial charge in [-0.3, -0.25) is 9.13 Å². The molecule has 100 heavy (non-hydrogen) atoms. The number of nitrogens with zero attached hydrogens (tertiary/aromatic N) is 9. The summed E-state index contributed by atoms with van der Waals surface area (Å²) in [6.45, 7) is 0. The van der Waals surface area contributed by atoms with Crippen LogP contribution in [0.4, 0.5) is 0 Å². The maximum Gasteiger partial charge on any atom is 0.238 e. The quantitative estimate of drug-likeness (QED) is 0.136. The van der Waals surface area contributed by atoms with E-state index in [1.54, 1.807) is 0 Å². The number of benzene rings is 14. The molecule has 6 heterocycles. The SMILES string of the molecule is c1ccc(-c2cc(-c3ccccc3)nc(-n3c4ccccc4c4ccc(-c5ccc6c(c5)c5ccccc5n6-c5ccccc5)cc43)n2)cc1.c1ccc(-c2nc(-c3ccccc3)nc(-n3c4ccccc4c4ccc(-c5ccc6c(c5)c5ccccc5n6-c5ccccc5)cc43)n2)cc1. The summed E-state index contributed by atoms with van der Waals surface area (Å²) in [5.74, 6) is 2.51. The van der Waals surface area contributed by atoms with Gasteiger partial charge in [-0.1, -0.05) is 267 Å². The summed E-state index contributed by atoms with van der Waals surface area (Å²) in [5, 5.41) is 9.56. The second-order valence-electron chi connectivity index (χ2n) is 25.2. The third-order valence-electron chi connectivity index (χ3n) is 19.3. The fraction of sp³-hybridized carbons (Fsp3) is 0. The van der Waals surface area contributed by atoms with Crippen LogP contribution in [0.2, 0.25) is 0 Å². The van der Waals surface area contributed by atoms with E-state index in [2.05, 4.69) is 303 Å². The van der Waals surface area contributed by atoms with Crippen LogP contribution in [-0.2, 0) is 0 Å². The van der Waals surface area contributed by atoms with Gasteiger partial charge in [-0.15, -0.1) is 0 Å². The predicted molar refractivity (Wildman–Crippen MR) is 412 cm³/mol. The molecule has 9 heteroatoms. The summed E-state index contributed by atoms with van der Waals surface area (Å²) in [5.41, 5.74) is 21.7. The first kappa shape index (κ1) is 57.8. The Labute approximate surface area is 575 Å². The van der Waals surface area contributed by atoms with Crippen molar-refractivity contribution in [3.63, 3.8) is 0 Å². The molecule has 0 radical (unpaired) electrons. The van der Waals surface area contributed by atoms with E-state index in [0.717, 1.165) is 100 Å². The van der Waals surface area contributed by atoms with Crippen molar-refractivity contribution in [1.82, 2.24) is 43.2 Å². The maximum atomic E-state index is 5.23. The van der Waals surface area contributed by atoms with Gasteiger partial charge in [-0.25, -0.2) is 15.0 Å². The number of hydrogen-bond donors (Lipinski definition) is 0. The number of rotatable bonds is 10. The topological polar surface area (TPSA) is 84.2 Å². The van der Waals surface area contributed by atoms with Gasteiger partial charge in [0.15, 0.2) is 11.6 Å². The van der Waals surface area contributed by atoms with Crippen molar-refractivity contribution in [2.24, 2.45) is 0 Å². The average Bonchev–Trinajstić information content (AvgIpc) is 1.61. The van der Waals surface area contributed by atoms with E-state index in [1.807, 2.05) is 72.8 Å². The van der Waals surface area contributed by atoms with E-state index >= 15 is 0 Å². The van der Waals surface area contributed by atoms with Crippen LogP contribution < -0.4 is 0 Å². The van der Waals surface area contributed by atoms with Gasteiger partial charge in [0.05, 0.1) is 55.5 Å². The Hall–Kier alpha value is -13.6. The maximum absolute atomic E-state index is 5.23. The summed E-state index contributed by atoms with van der Waals surface area (Å²) in [6.07, 6.45) is 0. The molecule has 20 aromatic rings. The van der Waals surface area contributed by atoms with Crippen molar-refractivity contribution in [1.29, 1.82) is 0 Å². The molecule has 0 N–H and O–H groups in total. The van der Waals surface area contributed by atoms with Crippen LogP contribution in [0.5, 0.6) is 0 Å². The molecule has 20 rings (SSSR count). The fourth-order valence-electron chi connectivity index (χ4n) is 14.7. The molecule has 0 amide bonds. The van der Waals surface area contributed by atoms with Crippen LogP contribution in [0.1, 0.15) is 0 Å². The summed E-state index contributed by atoms with van der Waals surface area (Å²) >= 11 is 0. The molecule has 0 saturated heterocycles. The summed E-state index contributed by atoms with van der Waals surface area (Å²) in [6, 6.07) is 126. The lowest BCUT2D eigenvalue weighted by Gasteiger charge is -2.12. The van der Waals surface area contributed by atoms with Crippen LogP contribution in [0.3, 0.4) is 0 Å². The van der Waals surface area contributed by atoms with Crippen molar-refractivity contribution in [3.05, 3.63) is 358 Å². The van der Waals surface area contributed by atoms with E-state index in [-0.39, 0.29) is 0 Å². The fourth-order valence-corrected chi connectivity index (χ4v) is 14.7. The minimum Gasteiger partial charge on any atom is -0.309 e. The molecule has 0 saturated carbocycles. The summed E-state index contributed by atoms with van der Waals surface area (Å²) in [7, 11) is 0. The third kappa shape index (κ3) is 9.98. The van der Waals surface area contributed by atoms with Gasteiger partial charge in [0.1, 0.15) is 0 Å². The van der Waals surface area contributed by atoms with Crippen LogP contribution in [0.25, 0.3) is 178 Å². The van der Waals surface area contributed by atoms with Crippen LogP contribution in [0.15, 0.2) is 358 Å². The number of fused-ring (bicyclic) bond motifs is 12. The Morgan fingerprint density at radius 2 is 0.440 bits per heavy atom. The van der Waals surface area contributed by atoms with E-state index in [1.165, 1.54) is 54.4 Å². The lowest BCUT2D eigenvalue weighted by Crippen LogP contribution is -2.06. The number of aromatic nitrogens is 9. The Balaban J connectivity index is 0.000000139. The summed E-state index contributed by atoms with van der Waals surface area (Å²) in [4.78, 5) is 25.6. The largest absolute Gasteiger partial charge is 0.309 e. The van der Waals surface area contributed by atoms with Gasteiger partial charge in [0, 0.05) is 76.7 Å². The minimum atomic E-state index is 0.586. The Kier molecular flexibility index (Phi) is 14.0. The lowest BCUT2D eigenvalue weighted by molar-refractivity contribution is 0.953. The second kappa shape index (κ2) is 24.2.